The zero-order valence-electron chi connectivity index (χ0n) is 14.1. The molecule has 0 unspecified atom stereocenters. The molecule has 4 rings (SSSR count). The largest absolute Gasteiger partial charge is 0.348 e. The van der Waals surface area contributed by atoms with Crippen LogP contribution in [-0.2, 0) is 6.54 Å². The summed E-state index contributed by atoms with van der Waals surface area (Å²) in [6.45, 7) is 0.0630. The van der Waals surface area contributed by atoms with Gasteiger partial charge in [0.25, 0.3) is 11.5 Å². The smallest absolute Gasteiger partial charge is 0.253 e. The molecule has 1 amide bonds. The summed E-state index contributed by atoms with van der Waals surface area (Å²) < 4.78 is 14.9. The van der Waals surface area contributed by atoms with E-state index in [1.807, 2.05) is 6.07 Å². The van der Waals surface area contributed by atoms with Crippen molar-refractivity contribution in [1.29, 1.82) is 0 Å². The van der Waals surface area contributed by atoms with Crippen LogP contribution in [0.4, 0.5) is 4.39 Å². The van der Waals surface area contributed by atoms with Gasteiger partial charge in [-0.1, -0.05) is 6.07 Å². The van der Waals surface area contributed by atoms with Gasteiger partial charge in [-0.25, -0.2) is 9.07 Å². The molecule has 2 heterocycles. The Morgan fingerprint density at radius 1 is 1.15 bits per heavy atom. The molecule has 7 heteroatoms. The van der Waals surface area contributed by atoms with E-state index in [9.17, 15) is 14.0 Å². The van der Waals surface area contributed by atoms with Crippen molar-refractivity contribution in [3.63, 3.8) is 0 Å². The van der Waals surface area contributed by atoms with Crippen molar-refractivity contribution in [2.24, 2.45) is 0 Å². The minimum absolute atomic E-state index is 0.0630. The number of amides is 1. The number of H-pyrrole nitrogens is 1. The number of rotatable bonds is 4. The number of carbonyl (C=O) groups excluding carboxylic acids is 1. The van der Waals surface area contributed by atoms with Crippen molar-refractivity contribution in [2.45, 2.75) is 6.54 Å². The van der Waals surface area contributed by atoms with Gasteiger partial charge in [-0.05, 0) is 53.9 Å². The number of benzene rings is 2. The van der Waals surface area contributed by atoms with Crippen LogP contribution in [0.25, 0.3) is 16.6 Å². The monoisotopic (exact) mass is 362 g/mol. The van der Waals surface area contributed by atoms with E-state index in [1.54, 1.807) is 53.5 Å². The first-order chi connectivity index (χ1) is 13.1. The lowest BCUT2D eigenvalue weighted by atomic mass is 10.1. The van der Waals surface area contributed by atoms with E-state index in [4.69, 9.17) is 0 Å². The number of nitrogens with zero attached hydrogens (tertiary/aromatic N) is 2. The van der Waals surface area contributed by atoms with Gasteiger partial charge in [0, 0.05) is 30.1 Å². The van der Waals surface area contributed by atoms with Crippen LogP contribution in [0.3, 0.4) is 0 Å². The molecule has 2 aromatic heterocycles. The first kappa shape index (κ1) is 16.7. The van der Waals surface area contributed by atoms with Gasteiger partial charge < -0.3 is 10.3 Å². The molecule has 2 N–H and O–H groups in total. The van der Waals surface area contributed by atoms with Crippen molar-refractivity contribution >= 4 is 16.8 Å². The number of aromatic nitrogens is 3. The predicted octanol–water partition coefficient (Wildman–Crippen LogP) is 2.78. The second-order valence-electron chi connectivity index (χ2n) is 6.04. The van der Waals surface area contributed by atoms with Crippen molar-refractivity contribution in [2.75, 3.05) is 0 Å². The van der Waals surface area contributed by atoms with Gasteiger partial charge in [-0.2, -0.15) is 5.10 Å². The lowest BCUT2D eigenvalue weighted by Crippen LogP contribution is -2.26. The molecule has 0 atom stereocenters. The maximum absolute atomic E-state index is 13.3. The quantitative estimate of drug-likeness (QED) is 0.586. The third-order valence-electron chi connectivity index (χ3n) is 4.20. The number of aromatic amines is 1. The Hall–Kier alpha value is -3.74. The maximum Gasteiger partial charge on any atom is 0.253 e. The second-order valence-corrected chi connectivity index (χ2v) is 6.04. The standard InChI is InChI=1S/C20H15FN4O2/c21-16-6-5-13-9-15(20(27)24-18(13)11-16)12-22-19(26)14-3-1-4-17(10-14)25-8-2-7-23-25/h1-11H,12H2,(H,22,26)(H,24,27). The van der Waals surface area contributed by atoms with Gasteiger partial charge in [0.2, 0.25) is 0 Å². The number of pyridine rings is 1. The first-order valence-electron chi connectivity index (χ1n) is 8.30. The zero-order valence-corrected chi connectivity index (χ0v) is 14.1. The normalized spacial score (nSPS) is 10.9. The molecule has 2 aromatic carbocycles. The van der Waals surface area contributed by atoms with Gasteiger partial charge in [-0.3, -0.25) is 9.59 Å². The summed E-state index contributed by atoms with van der Waals surface area (Å²) in [5.41, 5.74) is 1.67. The summed E-state index contributed by atoms with van der Waals surface area (Å²) in [6, 6.07) is 14.6. The Bertz CT molecular complexity index is 1180. The fraction of sp³-hybridized carbons (Fsp3) is 0.0500. The summed E-state index contributed by atoms with van der Waals surface area (Å²) in [4.78, 5) is 27.3. The highest BCUT2D eigenvalue weighted by atomic mass is 19.1. The third kappa shape index (κ3) is 3.48. The van der Waals surface area contributed by atoms with Gasteiger partial charge in [0.05, 0.1) is 11.2 Å². The summed E-state index contributed by atoms with van der Waals surface area (Å²) in [7, 11) is 0. The summed E-state index contributed by atoms with van der Waals surface area (Å²) in [6.07, 6.45) is 3.44. The molecule has 0 fully saturated rings. The number of halogens is 1. The number of carbonyl (C=O) groups is 1. The van der Waals surface area contributed by atoms with E-state index < -0.39 is 5.82 Å². The van der Waals surface area contributed by atoms with Crippen molar-refractivity contribution in [1.82, 2.24) is 20.1 Å². The molecule has 4 aromatic rings. The van der Waals surface area contributed by atoms with Gasteiger partial charge in [-0.15, -0.1) is 0 Å². The molecule has 0 spiro atoms. The van der Waals surface area contributed by atoms with E-state index in [-0.39, 0.29) is 18.0 Å². The number of nitrogens with one attached hydrogen (secondary N) is 2. The molecule has 134 valence electrons. The van der Waals surface area contributed by atoms with E-state index >= 15 is 0 Å². The Kier molecular flexibility index (Phi) is 4.25. The van der Waals surface area contributed by atoms with Gasteiger partial charge >= 0.3 is 0 Å². The molecule has 0 aliphatic rings. The predicted molar refractivity (Wildman–Crippen MR) is 99.3 cm³/mol. The van der Waals surface area contributed by atoms with Crippen LogP contribution >= 0.6 is 0 Å². The zero-order chi connectivity index (χ0) is 18.8. The van der Waals surface area contributed by atoms with E-state index in [0.29, 0.717) is 22.0 Å². The molecule has 0 saturated heterocycles. The minimum Gasteiger partial charge on any atom is -0.348 e. The van der Waals surface area contributed by atoms with Crippen molar-refractivity contribution in [3.05, 3.63) is 94.3 Å². The van der Waals surface area contributed by atoms with Gasteiger partial charge in [0.15, 0.2) is 0 Å². The van der Waals surface area contributed by atoms with Crippen LogP contribution in [0.1, 0.15) is 15.9 Å². The van der Waals surface area contributed by atoms with E-state index in [0.717, 1.165) is 5.69 Å². The van der Waals surface area contributed by atoms with Crippen LogP contribution < -0.4 is 10.9 Å². The van der Waals surface area contributed by atoms with Crippen molar-refractivity contribution < 1.29 is 9.18 Å². The highest BCUT2D eigenvalue weighted by Gasteiger charge is 2.09. The fourth-order valence-corrected chi connectivity index (χ4v) is 2.84. The first-order valence-corrected chi connectivity index (χ1v) is 8.30. The Morgan fingerprint density at radius 3 is 2.85 bits per heavy atom. The number of fused-ring (bicyclic) bond motifs is 1. The van der Waals surface area contributed by atoms with Gasteiger partial charge in [0.1, 0.15) is 5.82 Å². The topological polar surface area (TPSA) is 79.8 Å². The Morgan fingerprint density at radius 2 is 2.04 bits per heavy atom. The highest BCUT2D eigenvalue weighted by molar-refractivity contribution is 5.94. The Labute approximate surface area is 153 Å². The van der Waals surface area contributed by atoms with Crippen LogP contribution in [-0.4, -0.2) is 20.7 Å². The van der Waals surface area contributed by atoms with Crippen LogP contribution in [0.5, 0.6) is 0 Å². The third-order valence-corrected chi connectivity index (χ3v) is 4.20. The summed E-state index contributed by atoms with van der Waals surface area (Å²) in [5, 5.41) is 7.58. The second kappa shape index (κ2) is 6.87. The van der Waals surface area contributed by atoms with Crippen LogP contribution in [0.15, 0.2) is 71.8 Å². The lowest BCUT2D eigenvalue weighted by molar-refractivity contribution is 0.0950. The molecule has 0 radical (unpaired) electrons. The molecular weight excluding hydrogens is 347 g/mol. The fourth-order valence-electron chi connectivity index (χ4n) is 2.84. The summed E-state index contributed by atoms with van der Waals surface area (Å²) in [5.74, 6) is -0.723. The van der Waals surface area contributed by atoms with E-state index in [2.05, 4.69) is 15.4 Å². The molecular formula is C20H15FN4O2. The minimum atomic E-state index is -0.420. The molecule has 0 saturated carbocycles. The van der Waals surface area contributed by atoms with Crippen LogP contribution in [0.2, 0.25) is 0 Å². The molecule has 6 nitrogen and oxygen atoms in total. The van der Waals surface area contributed by atoms with E-state index in [1.165, 1.54) is 12.1 Å². The highest BCUT2D eigenvalue weighted by Crippen LogP contribution is 2.13. The van der Waals surface area contributed by atoms with Crippen molar-refractivity contribution in [3.8, 4) is 5.69 Å². The lowest BCUT2D eigenvalue weighted by Gasteiger charge is -2.08. The summed E-state index contributed by atoms with van der Waals surface area (Å²) >= 11 is 0. The SMILES string of the molecule is O=C(NCc1cc2ccc(F)cc2[nH]c1=O)c1cccc(-n2cccn2)c1. The number of hydrogen-bond donors (Lipinski definition) is 2. The Balaban J connectivity index is 1.54. The molecule has 0 aliphatic carbocycles. The maximum atomic E-state index is 13.3. The molecule has 0 aliphatic heterocycles. The molecule has 0 bridgehead atoms. The van der Waals surface area contributed by atoms with Crippen LogP contribution in [0, 0.1) is 5.82 Å². The number of hydrogen-bond acceptors (Lipinski definition) is 3. The average molecular weight is 362 g/mol. The average Bonchev–Trinajstić information content (AvgIpc) is 3.21. The molecule has 27 heavy (non-hydrogen) atoms.